The van der Waals surface area contributed by atoms with Crippen LogP contribution in [0.3, 0.4) is 0 Å². The molecule has 0 spiro atoms. The molecule has 0 radical (unpaired) electrons. The maximum absolute atomic E-state index is 13.2. The van der Waals surface area contributed by atoms with Gasteiger partial charge in [-0.05, 0) is 51.4 Å². The number of amides is 2. The van der Waals surface area contributed by atoms with Crippen LogP contribution < -0.4 is 4.90 Å². The van der Waals surface area contributed by atoms with Gasteiger partial charge in [-0.3, -0.25) is 9.59 Å². The van der Waals surface area contributed by atoms with Crippen molar-refractivity contribution in [2.75, 3.05) is 44.7 Å². The largest absolute Gasteiger partial charge is 0.339 e. The van der Waals surface area contributed by atoms with Crippen LogP contribution in [0, 0.1) is 12.3 Å². The predicted molar refractivity (Wildman–Crippen MR) is 95.0 cm³/mol. The molecular weight excluding hydrogens is 302 g/mol. The van der Waals surface area contributed by atoms with Crippen LogP contribution in [-0.4, -0.2) is 61.4 Å². The molecule has 2 amide bonds. The van der Waals surface area contributed by atoms with E-state index in [2.05, 4.69) is 11.9 Å². The summed E-state index contributed by atoms with van der Waals surface area (Å²) in [5.74, 6) is 0.00577. The minimum absolute atomic E-state index is 0.0282. The summed E-state index contributed by atoms with van der Waals surface area (Å²) >= 11 is 0. The summed E-state index contributed by atoms with van der Waals surface area (Å²) in [6.07, 6.45) is 1.36. The second kappa shape index (κ2) is 6.55. The Hall–Kier alpha value is -1.88. The molecule has 1 aliphatic carbocycles. The zero-order valence-electron chi connectivity index (χ0n) is 14.9. The van der Waals surface area contributed by atoms with Crippen LogP contribution >= 0.6 is 0 Å². The first-order valence-corrected chi connectivity index (χ1v) is 8.84. The molecule has 0 aromatic heterocycles. The lowest BCUT2D eigenvalue weighted by atomic mass is 10.0. The number of benzene rings is 1. The van der Waals surface area contributed by atoms with E-state index in [1.54, 1.807) is 4.90 Å². The lowest BCUT2D eigenvalue weighted by Crippen LogP contribution is -2.53. The molecule has 130 valence electrons. The van der Waals surface area contributed by atoms with E-state index < -0.39 is 5.41 Å². The zero-order chi connectivity index (χ0) is 17.3. The van der Waals surface area contributed by atoms with Gasteiger partial charge in [-0.1, -0.05) is 12.1 Å². The van der Waals surface area contributed by atoms with Crippen molar-refractivity contribution in [2.24, 2.45) is 5.41 Å². The molecule has 0 N–H and O–H groups in total. The molecule has 1 aromatic rings. The van der Waals surface area contributed by atoms with Crippen molar-refractivity contribution >= 4 is 17.5 Å². The van der Waals surface area contributed by atoms with Gasteiger partial charge < -0.3 is 14.7 Å². The van der Waals surface area contributed by atoms with Gasteiger partial charge in [-0.2, -0.15) is 0 Å². The van der Waals surface area contributed by atoms with Gasteiger partial charge in [-0.25, -0.2) is 0 Å². The summed E-state index contributed by atoms with van der Waals surface area (Å²) in [6.45, 7) is 7.78. The number of hydrogen-bond donors (Lipinski definition) is 0. The van der Waals surface area contributed by atoms with E-state index >= 15 is 0 Å². The quantitative estimate of drug-likeness (QED) is 0.793. The number of anilines is 1. The highest BCUT2D eigenvalue weighted by Crippen LogP contribution is 2.49. The summed E-state index contributed by atoms with van der Waals surface area (Å²) in [5.41, 5.74) is 1.20. The number of hydrogen-bond acceptors (Lipinski definition) is 3. The molecule has 2 fully saturated rings. The third kappa shape index (κ3) is 3.05. The van der Waals surface area contributed by atoms with E-state index in [0.29, 0.717) is 19.4 Å². The molecule has 0 unspecified atom stereocenters. The molecule has 1 heterocycles. The molecule has 1 saturated heterocycles. The molecule has 0 atom stereocenters. The minimum atomic E-state index is -0.810. The van der Waals surface area contributed by atoms with E-state index in [0.717, 1.165) is 37.4 Å². The van der Waals surface area contributed by atoms with Crippen LogP contribution in [0.5, 0.6) is 0 Å². The Morgan fingerprint density at radius 1 is 1.17 bits per heavy atom. The third-order valence-electron chi connectivity index (χ3n) is 5.23. The fraction of sp³-hybridized carbons (Fsp3) is 0.579. The lowest BCUT2D eigenvalue weighted by Gasteiger charge is -2.35. The standard InChI is InChI=1S/C19H27N3O2/c1-4-22(16-7-5-6-15(2)14-16)18(24)19(8-9-19)17(23)21-12-10-20(3)11-13-21/h5-7,14H,4,8-13H2,1-3H3. The SMILES string of the molecule is CCN(C(=O)C1(C(=O)N2CCN(C)CC2)CC1)c1cccc(C)c1. The predicted octanol–water partition coefficient (Wildman–Crippen LogP) is 1.90. The highest BCUT2D eigenvalue weighted by atomic mass is 16.2. The number of nitrogens with zero attached hydrogens (tertiary/aromatic N) is 3. The Labute approximate surface area is 144 Å². The first kappa shape index (κ1) is 17.0. The van der Waals surface area contributed by atoms with Crippen molar-refractivity contribution in [1.82, 2.24) is 9.80 Å². The van der Waals surface area contributed by atoms with E-state index in [1.165, 1.54) is 0 Å². The average molecular weight is 329 g/mol. The lowest BCUT2D eigenvalue weighted by molar-refractivity contribution is -0.144. The van der Waals surface area contributed by atoms with Crippen LogP contribution in [-0.2, 0) is 9.59 Å². The van der Waals surface area contributed by atoms with Gasteiger partial charge in [0.2, 0.25) is 11.8 Å². The first-order chi connectivity index (χ1) is 11.5. The van der Waals surface area contributed by atoms with Crippen LogP contribution in [0.25, 0.3) is 0 Å². The number of aryl methyl sites for hydroxylation is 1. The number of rotatable bonds is 4. The molecule has 3 rings (SSSR count). The normalized spacial score (nSPS) is 19.9. The summed E-state index contributed by atoms with van der Waals surface area (Å²) < 4.78 is 0. The molecule has 2 aliphatic rings. The molecule has 5 nitrogen and oxygen atoms in total. The van der Waals surface area contributed by atoms with Crippen molar-refractivity contribution < 1.29 is 9.59 Å². The van der Waals surface area contributed by atoms with Crippen LogP contribution in [0.2, 0.25) is 0 Å². The van der Waals surface area contributed by atoms with Gasteiger partial charge in [0.1, 0.15) is 5.41 Å². The Kier molecular flexibility index (Phi) is 4.63. The molecule has 5 heteroatoms. The second-order valence-corrected chi connectivity index (χ2v) is 7.07. The van der Waals surface area contributed by atoms with Gasteiger partial charge in [0.05, 0.1) is 0 Å². The fourth-order valence-corrected chi connectivity index (χ4v) is 3.45. The van der Waals surface area contributed by atoms with Crippen molar-refractivity contribution in [3.63, 3.8) is 0 Å². The molecule has 1 aliphatic heterocycles. The Morgan fingerprint density at radius 2 is 1.83 bits per heavy atom. The number of carbonyl (C=O) groups is 2. The van der Waals surface area contributed by atoms with Crippen LogP contribution in [0.4, 0.5) is 5.69 Å². The molecular formula is C19H27N3O2. The number of piperazine rings is 1. The maximum Gasteiger partial charge on any atom is 0.242 e. The number of likely N-dealkylation sites (N-methyl/N-ethyl adjacent to an activating group) is 1. The van der Waals surface area contributed by atoms with Crippen LogP contribution in [0.1, 0.15) is 25.3 Å². The highest BCUT2D eigenvalue weighted by Gasteiger charge is 2.59. The number of carbonyl (C=O) groups excluding carboxylic acids is 2. The minimum Gasteiger partial charge on any atom is -0.339 e. The van der Waals surface area contributed by atoms with Crippen molar-refractivity contribution in [2.45, 2.75) is 26.7 Å². The smallest absolute Gasteiger partial charge is 0.242 e. The second-order valence-electron chi connectivity index (χ2n) is 7.07. The molecule has 0 bridgehead atoms. The average Bonchev–Trinajstić information content (AvgIpc) is 3.37. The van der Waals surface area contributed by atoms with Crippen molar-refractivity contribution in [3.8, 4) is 0 Å². The summed E-state index contributed by atoms with van der Waals surface area (Å²) in [5, 5.41) is 0. The fourth-order valence-electron chi connectivity index (χ4n) is 3.45. The van der Waals surface area contributed by atoms with Crippen LogP contribution in [0.15, 0.2) is 24.3 Å². The Morgan fingerprint density at radius 3 is 2.38 bits per heavy atom. The third-order valence-corrected chi connectivity index (χ3v) is 5.23. The van der Waals surface area contributed by atoms with E-state index in [-0.39, 0.29) is 11.8 Å². The van der Waals surface area contributed by atoms with E-state index in [4.69, 9.17) is 0 Å². The Bertz CT molecular complexity index is 631. The van der Waals surface area contributed by atoms with E-state index in [1.807, 2.05) is 43.0 Å². The molecule has 24 heavy (non-hydrogen) atoms. The Balaban J connectivity index is 1.78. The van der Waals surface area contributed by atoms with Gasteiger partial charge in [-0.15, -0.1) is 0 Å². The topological polar surface area (TPSA) is 43.9 Å². The van der Waals surface area contributed by atoms with E-state index in [9.17, 15) is 9.59 Å². The van der Waals surface area contributed by atoms with Crippen molar-refractivity contribution in [1.29, 1.82) is 0 Å². The molecule has 1 saturated carbocycles. The van der Waals surface area contributed by atoms with Gasteiger partial charge in [0, 0.05) is 38.4 Å². The summed E-state index contributed by atoms with van der Waals surface area (Å²) in [6, 6.07) is 7.94. The van der Waals surface area contributed by atoms with Gasteiger partial charge >= 0.3 is 0 Å². The first-order valence-electron chi connectivity index (χ1n) is 8.84. The molecule has 1 aromatic carbocycles. The zero-order valence-corrected chi connectivity index (χ0v) is 14.9. The van der Waals surface area contributed by atoms with Gasteiger partial charge in [0.15, 0.2) is 0 Å². The summed E-state index contributed by atoms with van der Waals surface area (Å²) in [4.78, 5) is 32.1. The maximum atomic E-state index is 13.2. The monoisotopic (exact) mass is 329 g/mol. The van der Waals surface area contributed by atoms with Gasteiger partial charge in [0.25, 0.3) is 0 Å². The van der Waals surface area contributed by atoms with Crippen molar-refractivity contribution in [3.05, 3.63) is 29.8 Å². The summed E-state index contributed by atoms with van der Waals surface area (Å²) in [7, 11) is 2.07. The highest BCUT2D eigenvalue weighted by molar-refractivity contribution is 6.14.